The Balaban J connectivity index is 3.86. The van der Waals surface area contributed by atoms with E-state index in [1.54, 1.807) is 0 Å². The highest BCUT2D eigenvalue weighted by molar-refractivity contribution is 5.83. The van der Waals surface area contributed by atoms with Crippen molar-refractivity contribution in [3.05, 3.63) is 12.2 Å². The maximum absolute atomic E-state index is 11.2. The summed E-state index contributed by atoms with van der Waals surface area (Å²) in [4.78, 5) is 22.5. The summed E-state index contributed by atoms with van der Waals surface area (Å²) in [5.74, 6) is -0.748. The zero-order valence-electron chi connectivity index (χ0n) is 11.1. The van der Waals surface area contributed by atoms with E-state index in [1.807, 2.05) is 27.7 Å². The quantitative estimate of drug-likeness (QED) is 0.508. The van der Waals surface area contributed by atoms with Gasteiger partial charge >= 0.3 is 11.9 Å². The molecule has 0 bridgehead atoms. The average molecular weight is 242 g/mol. The standard InChI is InChI=1S/C13H22O4/c1-5-10(3)16-12(14)8-7-9-13(15)17-11(4)6-2/h7-8,10-11H,5-6,9H2,1-4H3. The Bertz CT molecular complexity index is 271. The SMILES string of the molecule is CCC(C)OC(=O)C=CCC(=O)OC(C)CC. The molecule has 17 heavy (non-hydrogen) atoms. The normalized spacial score (nSPS) is 14.4. The van der Waals surface area contributed by atoms with Crippen molar-refractivity contribution in [2.24, 2.45) is 0 Å². The van der Waals surface area contributed by atoms with Gasteiger partial charge in [-0.2, -0.15) is 0 Å². The Hall–Kier alpha value is -1.32. The summed E-state index contributed by atoms with van der Waals surface area (Å²) in [6, 6.07) is 0. The van der Waals surface area contributed by atoms with Crippen molar-refractivity contribution in [1.29, 1.82) is 0 Å². The lowest BCUT2D eigenvalue weighted by Crippen LogP contribution is -2.13. The minimum Gasteiger partial charge on any atom is -0.462 e. The molecular formula is C13H22O4. The van der Waals surface area contributed by atoms with Crippen molar-refractivity contribution >= 4 is 11.9 Å². The number of ether oxygens (including phenoxy) is 2. The molecule has 0 saturated carbocycles. The van der Waals surface area contributed by atoms with Gasteiger partial charge in [-0.25, -0.2) is 4.79 Å². The highest BCUT2D eigenvalue weighted by Gasteiger charge is 2.06. The first-order chi connectivity index (χ1) is 7.99. The van der Waals surface area contributed by atoms with Crippen molar-refractivity contribution in [1.82, 2.24) is 0 Å². The topological polar surface area (TPSA) is 52.6 Å². The molecule has 4 nitrogen and oxygen atoms in total. The van der Waals surface area contributed by atoms with E-state index < -0.39 is 5.97 Å². The average Bonchev–Trinajstić information content (AvgIpc) is 2.28. The Morgan fingerprint density at radius 1 is 1.06 bits per heavy atom. The van der Waals surface area contributed by atoms with Crippen LogP contribution in [-0.4, -0.2) is 24.1 Å². The Labute approximate surface area is 103 Å². The molecule has 0 heterocycles. The van der Waals surface area contributed by atoms with Gasteiger partial charge in [-0.15, -0.1) is 0 Å². The Morgan fingerprint density at radius 3 is 2.12 bits per heavy atom. The van der Waals surface area contributed by atoms with Crippen molar-refractivity contribution in [2.75, 3.05) is 0 Å². The fourth-order valence-corrected chi connectivity index (χ4v) is 0.928. The van der Waals surface area contributed by atoms with Gasteiger partial charge in [0.15, 0.2) is 0 Å². The summed E-state index contributed by atoms with van der Waals surface area (Å²) in [7, 11) is 0. The van der Waals surface area contributed by atoms with Gasteiger partial charge in [0.05, 0.1) is 18.6 Å². The van der Waals surface area contributed by atoms with Crippen LogP contribution in [0.2, 0.25) is 0 Å². The van der Waals surface area contributed by atoms with Crippen LogP contribution in [-0.2, 0) is 19.1 Å². The molecule has 4 heteroatoms. The molecule has 0 aromatic rings. The predicted octanol–water partition coefficient (Wildman–Crippen LogP) is 2.62. The molecule has 0 amide bonds. The lowest BCUT2D eigenvalue weighted by atomic mass is 10.3. The van der Waals surface area contributed by atoms with Crippen molar-refractivity contribution in [3.63, 3.8) is 0 Å². The van der Waals surface area contributed by atoms with Crippen molar-refractivity contribution in [3.8, 4) is 0 Å². The predicted molar refractivity (Wildman–Crippen MR) is 65.4 cm³/mol. The van der Waals surface area contributed by atoms with Crippen LogP contribution in [0.25, 0.3) is 0 Å². The molecule has 2 atom stereocenters. The lowest BCUT2D eigenvalue weighted by Gasteiger charge is -2.09. The van der Waals surface area contributed by atoms with Gasteiger partial charge in [0, 0.05) is 6.08 Å². The Kier molecular flexibility index (Phi) is 8.11. The van der Waals surface area contributed by atoms with Gasteiger partial charge < -0.3 is 9.47 Å². The molecule has 2 unspecified atom stereocenters. The zero-order chi connectivity index (χ0) is 13.3. The number of hydrogen-bond acceptors (Lipinski definition) is 4. The minimum absolute atomic E-state index is 0.0806. The number of carbonyl (C=O) groups is 2. The molecule has 0 saturated heterocycles. The first kappa shape index (κ1) is 15.7. The molecule has 98 valence electrons. The number of esters is 2. The molecule has 0 aliphatic rings. The molecule has 0 radical (unpaired) electrons. The van der Waals surface area contributed by atoms with Crippen LogP contribution in [0.1, 0.15) is 47.0 Å². The minimum atomic E-state index is -0.421. The van der Waals surface area contributed by atoms with Crippen molar-refractivity contribution in [2.45, 2.75) is 59.2 Å². The van der Waals surface area contributed by atoms with Crippen molar-refractivity contribution < 1.29 is 19.1 Å². The van der Waals surface area contributed by atoms with Gasteiger partial charge in [0.25, 0.3) is 0 Å². The molecule has 0 aliphatic heterocycles. The van der Waals surface area contributed by atoms with E-state index in [9.17, 15) is 9.59 Å². The maximum Gasteiger partial charge on any atom is 0.330 e. The second-order valence-corrected chi connectivity index (χ2v) is 3.97. The summed E-state index contributed by atoms with van der Waals surface area (Å²) in [6.45, 7) is 7.53. The van der Waals surface area contributed by atoms with Crippen LogP contribution >= 0.6 is 0 Å². The van der Waals surface area contributed by atoms with Crippen LogP contribution in [0.4, 0.5) is 0 Å². The molecule has 0 fully saturated rings. The third-order valence-corrected chi connectivity index (χ3v) is 2.34. The van der Waals surface area contributed by atoms with E-state index in [4.69, 9.17) is 9.47 Å². The molecule has 0 rings (SSSR count). The summed E-state index contributed by atoms with van der Waals surface area (Å²) >= 11 is 0. The maximum atomic E-state index is 11.2. The van der Waals surface area contributed by atoms with Crippen LogP contribution in [0.15, 0.2) is 12.2 Å². The summed E-state index contributed by atoms with van der Waals surface area (Å²) in [6.07, 6.45) is 4.21. The van der Waals surface area contributed by atoms with Gasteiger partial charge in [0.2, 0.25) is 0 Å². The second-order valence-electron chi connectivity index (χ2n) is 3.97. The number of hydrogen-bond donors (Lipinski definition) is 0. The van der Waals surface area contributed by atoms with Crippen LogP contribution in [0, 0.1) is 0 Å². The Morgan fingerprint density at radius 2 is 1.59 bits per heavy atom. The van der Waals surface area contributed by atoms with Gasteiger partial charge in [-0.1, -0.05) is 19.9 Å². The van der Waals surface area contributed by atoms with Gasteiger partial charge in [-0.3, -0.25) is 4.79 Å². The second kappa shape index (κ2) is 8.79. The smallest absolute Gasteiger partial charge is 0.330 e. The third-order valence-electron chi connectivity index (χ3n) is 2.34. The number of rotatable bonds is 7. The van der Waals surface area contributed by atoms with E-state index in [0.29, 0.717) is 0 Å². The van der Waals surface area contributed by atoms with Gasteiger partial charge in [0.1, 0.15) is 0 Å². The molecule has 0 N–H and O–H groups in total. The molecular weight excluding hydrogens is 220 g/mol. The van der Waals surface area contributed by atoms with E-state index >= 15 is 0 Å². The summed E-state index contributed by atoms with van der Waals surface area (Å²) < 4.78 is 10.0. The lowest BCUT2D eigenvalue weighted by molar-refractivity contribution is -0.147. The van der Waals surface area contributed by atoms with E-state index in [1.165, 1.54) is 12.2 Å². The first-order valence-electron chi connectivity index (χ1n) is 6.06. The van der Waals surface area contributed by atoms with Crippen LogP contribution in [0.3, 0.4) is 0 Å². The fraction of sp³-hybridized carbons (Fsp3) is 0.692. The van der Waals surface area contributed by atoms with E-state index in [0.717, 1.165) is 12.8 Å². The monoisotopic (exact) mass is 242 g/mol. The molecule has 0 aliphatic carbocycles. The summed E-state index contributed by atoms with van der Waals surface area (Å²) in [5, 5.41) is 0. The molecule has 0 spiro atoms. The van der Waals surface area contributed by atoms with Crippen LogP contribution in [0.5, 0.6) is 0 Å². The zero-order valence-corrected chi connectivity index (χ0v) is 11.1. The fourth-order valence-electron chi connectivity index (χ4n) is 0.928. The summed E-state index contributed by atoms with van der Waals surface area (Å²) in [5.41, 5.74) is 0. The van der Waals surface area contributed by atoms with E-state index in [2.05, 4.69) is 0 Å². The highest BCUT2D eigenvalue weighted by atomic mass is 16.5. The van der Waals surface area contributed by atoms with Crippen LogP contribution < -0.4 is 0 Å². The molecule has 0 aromatic heterocycles. The van der Waals surface area contributed by atoms with E-state index in [-0.39, 0.29) is 24.6 Å². The highest BCUT2D eigenvalue weighted by Crippen LogP contribution is 2.00. The third kappa shape index (κ3) is 8.48. The molecule has 0 aromatic carbocycles. The largest absolute Gasteiger partial charge is 0.462 e. The number of carbonyl (C=O) groups excluding carboxylic acids is 2. The van der Waals surface area contributed by atoms with Gasteiger partial charge in [-0.05, 0) is 26.7 Å². The first-order valence-corrected chi connectivity index (χ1v) is 6.06.